The van der Waals surface area contributed by atoms with Crippen LogP contribution in [0.1, 0.15) is 25.0 Å². The number of carbonyl (C=O) groups excluding carboxylic acids is 1. The highest BCUT2D eigenvalue weighted by Crippen LogP contribution is 2.31. The van der Waals surface area contributed by atoms with E-state index in [0.717, 1.165) is 0 Å². The Kier molecular flexibility index (Phi) is 7.58. The van der Waals surface area contributed by atoms with Crippen molar-refractivity contribution < 1.29 is 41.0 Å². The van der Waals surface area contributed by atoms with Crippen LogP contribution in [0.25, 0.3) is 6.08 Å². The summed E-state index contributed by atoms with van der Waals surface area (Å²) in [4.78, 5) is 11.9. The molecule has 0 atom stereocenters. The molecular weight excluding hydrogens is 425 g/mol. The van der Waals surface area contributed by atoms with Gasteiger partial charge >= 0.3 is 5.97 Å². The zero-order valence-electron chi connectivity index (χ0n) is 16.6. The quantitative estimate of drug-likeness (QED) is 0.154. The van der Waals surface area contributed by atoms with E-state index in [1.807, 2.05) is 0 Å². The van der Waals surface area contributed by atoms with Gasteiger partial charge in [0.15, 0.2) is 5.75 Å². The Bertz CT molecular complexity index is 1050. The smallest absolute Gasteiger partial charge is 0.349 e. The molecule has 5 nitrogen and oxygen atoms in total. The standard InChI is InChI=1S/C21H16F5NO4/c1-10(2)31-21(28)12(8-27)6-11-4-5-14(29-3)13(7-11)9-30-20-18(25)16(23)15(22)17(24)19(20)26/h4-7,10H,9H2,1-3H3/b12-6+. The molecule has 164 valence electrons. The van der Waals surface area contributed by atoms with E-state index in [0.29, 0.717) is 5.56 Å². The highest BCUT2D eigenvalue weighted by Gasteiger charge is 2.27. The number of carbonyl (C=O) groups is 1. The first kappa shape index (κ1) is 23.7. The molecule has 0 aliphatic heterocycles. The summed E-state index contributed by atoms with van der Waals surface area (Å²) >= 11 is 0. The van der Waals surface area contributed by atoms with Gasteiger partial charge in [-0.2, -0.15) is 14.0 Å². The van der Waals surface area contributed by atoms with Crippen LogP contribution in [0.2, 0.25) is 0 Å². The minimum absolute atomic E-state index is 0.148. The first-order valence-corrected chi connectivity index (χ1v) is 8.74. The first-order valence-electron chi connectivity index (χ1n) is 8.74. The minimum atomic E-state index is -2.30. The molecule has 0 bridgehead atoms. The van der Waals surface area contributed by atoms with Gasteiger partial charge in [0.05, 0.1) is 13.2 Å². The number of rotatable bonds is 7. The summed E-state index contributed by atoms with van der Waals surface area (Å²) in [7, 11) is 1.29. The lowest BCUT2D eigenvalue weighted by atomic mass is 10.1. The molecule has 0 saturated heterocycles. The van der Waals surface area contributed by atoms with E-state index in [9.17, 15) is 32.0 Å². The molecule has 0 saturated carbocycles. The Morgan fingerprint density at radius 3 is 2.16 bits per heavy atom. The minimum Gasteiger partial charge on any atom is -0.496 e. The summed E-state index contributed by atoms with van der Waals surface area (Å²) in [6, 6.07) is 5.93. The first-order chi connectivity index (χ1) is 14.6. The van der Waals surface area contributed by atoms with Crippen LogP contribution >= 0.6 is 0 Å². The van der Waals surface area contributed by atoms with E-state index >= 15 is 0 Å². The fraction of sp³-hybridized carbons (Fsp3) is 0.238. The molecule has 0 N–H and O–H groups in total. The second-order valence-electron chi connectivity index (χ2n) is 6.38. The van der Waals surface area contributed by atoms with Gasteiger partial charge in [0.2, 0.25) is 29.1 Å². The van der Waals surface area contributed by atoms with Crippen molar-refractivity contribution in [1.82, 2.24) is 0 Å². The third-order valence-corrected chi connectivity index (χ3v) is 3.84. The van der Waals surface area contributed by atoms with E-state index < -0.39 is 53.5 Å². The number of hydrogen-bond acceptors (Lipinski definition) is 5. The van der Waals surface area contributed by atoms with Crippen LogP contribution in [-0.4, -0.2) is 19.2 Å². The number of nitriles is 1. The average Bonchev–Trinajstić information content (AvgIpc) is 2.74. The Labute approximate surface area is 174 Å². The van der Waals surface area contributed by atoms with Crippen molar-refractivity contribution in [2.45, 2.75) is 26.6 Å². The van der Waals surface area contributed by atoms with Crippen LogP contribution in [0, 0.1) is 40.4 Å². The van der Waals surface area contributed by atoms with Crippen molar-refractivity contribution in [3.8, 4) is 17.6 Å². The monoisotopic (exact) mass is 441 g/mol. The second kappa shape index (κ2) is 9.93. The van der Waals surface area contributed by atoms with Gasteiger partial charge in [0.25, 0.3) is 0 Å². The molecular formula is C21H16F5NO4. The zero-order chi connectivity index (χ0) is 23.3. The molecule has 2 aromatic rings. The van der Waals surface area contributed by atoms with Crippen molar-refractivity contribution in [2.24, 2.45) is 0 Å². The predicted molar refractivity (Wildman–Crippen MR) is 98.4 cm³/mol. The number of nitrogens with zero attached hydrogens (tertiary/aromatic N) is 1. The Balaban J connectivity index is 2.38. The third-order valence-electron chi connectivity index (χ3n) is 3.84. The topological polar surface area (TPSA) is 68.5 Å². The van der Waals surface area contributed by atoms with Crippen molar-refractivity contribution in [1.29, 1.82) is 5.26 Å². The maximum atomic E-state index is 13.8. The summed E-state index contributed by atoms with van der Waals surface area (Å²) in [6.07, 6.45) is 0.747. The molecule has 2 rings (SSSR count). The van der Waals surface area contributed by atoms with E-state index in [-0.39, 0.29) is 16.9 Å². The molecule has 0 aliphatic carbocycles. The molecule has 10 heteroatoms. The van der Waals surface area contributed by atoms with Gasteiger partial charge in [-0.15, -0.1) is 0 Å². The summed E-state index contributed by atoms with van der Waals surface area (Å²) in [5, 5.41) is 9.17. The Morgan fingerprint density at radius 1 is 1.06 bits per heavy atom. The lowest BCUT2D eigenvalue weighted by Gasteiger charge is -2.13. The molecule has 0 aliphatic rings. The van der Waals surface area contributed by atoms with E-state index in [2.05, 4.69) is 0 Å². The number of hydrogen-bond donors (Lipinski definition) is 0. The molecule has 0 amide bonds. The largest absolute Gasteiger partial charge is 0.496 e. The Hall–Kier alpha value is -3.61. The average molecular weight is 441 g/mol. The molecule has 0 unspecified atom stereocenters. The summed E-state index contributed by atoms with van der Waals surface area (Å²) < 4.78 is 82.3. The van der Waals surface area contributed by atoms with Crippen LogP contribution in [0.4, 0.5) is 22.0 Å². The highest BCUT2D eigenvalue weighted by molar-refractivity contribution is 5.98. The fourth-order valence-corrected chi connectivity index (χ4v) is 2.44. The molecule has 0 radical (unpaired) electrons. The molecule has 2 aromatic carbocycles. The predicted octanol–water partition coefficient (Wildman–Crippen LogP) is 4.83. The van der Waals surface area contributed by atoms with Gasteiger partial charge in [-0.1, -0.05) is 6.07 Å². The van der Waals surface area contributed by atoms with E-state index in [4.69, 9.17) is 14.2 Å². The summed E-state index contributed by atoms with van der Waals surface area (Å²) in [6.45, 7) is 2.58. The van der Waals surface area contributed by atoms with Gasteiger partial charge in [-0.3, -0.25) is 0 Å². The number of ether oxygens (including phenoxy) is 3. The van der Waals surface area contributed by atoms with E-state index in [1.54, 1.807) is 19.9 Å². The van der Waals surface area contributed by atoms with Crippen molar-refractivity contribution in [2.75, 3.05) is 7.11 Å². The molecule has 0 heterocycles. The summed E-state index contributed by atoms with van der Waals surface area (Å²) in [5.41, 5.74) is 0.134. The van der Waals surface area contributed by atoms with Crippen molar-refractivity contribution in [3.63, 3.8) is 0 Å². The summed E-state index contributed by atoms with van der Waals surface area (Å²) in [5.74, 6) is -12.9. The third kappa shape index (κ3) is 5.31. The van der Waals surface area contributed by atoms with Crippen LogP contribution in [0.5, 0.6) is 11.5 Å². The van der Waals surface area contributed by atoms with Gasteiger partial charge in [0, 0.05) is 5.56 Å². The SMILES string of the molecule is COc1ccc(/C=C(\C#N)C(=O)OC(C)C)cc1COc1c(F)c(F)c(F)c(F)c1F. The molecule has 0 fully saturated rings. The lowest BCUT2D eigenvalue weighted by molar-refractivity contribution is -0.142. The normalized spacial score (nSPS) is 11.3. The van der Waals surface area contributed by atoms with Crippen LogP contribution in [0.15, 0.2) is 23.8 Å². The van der Waals surface area contributed by atoms with Gasteiger partial charge in [-0.05, 0) is 37.6 Å². The highest BCUT2D eigenvalue weighted by atomic mass is 19.2. The number of methoxy groups -OCH3 is 1. The van der Waals surface area contributed by atoms with Gasteiger partial charge in [-0.25, -0.2) is 18.0 Å². The van der Waals surface area contributed by atoms with Crippen LogP contribution in [0.3, 0.4) is 0 Å². The second-order valence-corrected chi connectivity index (χ2v) is 6.38. The van der Waals surface area contributed by atoms with Gasteiger partial charge in [0.1, 0.15) is 24.0 Å². The van der Waals surface area contributed by atoms with Crippen molar-refractivity contribution >= 4 is 12.0 Å². The number of halogens is 5. The van der Waals surface area contributed by atoms with Crippen molar-refractivity contribution in [3.05, 3.63) is 64.0 Å². The van der Waals surface area contributed by atoms with Gasteiger partial charge < -0.3 is 14.2 Å². The molecule has 0 spiro atoms. The maximum absolute atomic E-state index is 13.8. The van der Waals surface area contributed by atoms with E-state index in [1.165, 1.54) is 31.4 Å². The molecule has 0 aromatic heterocycles. The fourth-order valence-electron chi connectivity index (χ4n) is 2.44. The zero-order valence-corrected chi connectivity index (χ0v) is 16.6. The van der Waals surface area contributed by atoms with Crippen LogP contribution < -0.4 is 9.47 Å². The lowest BCUT2D eigenvalue weighted by Crippen LogP contribution is -2.12. The molecule has 31 heavy (non-hydrogen) atoms. The maximum Gasteiger partial charge on any atom is 0.349 e. The number of benzene rings is 2. The van der Waals surface area contributed by atoms with Crippen LogP contribution in [-0.2, 0) is 16.1 Å². The Morgan fingerprint density at radius 2 is 1.65 bits per heavy atom. The number of esters is 1.